The zero-order valence-electron chi connectivity index (χ0n) is 15.2. The molecule has 0 bridgehead atoms. The van der Waals surface area contributed by atoms with Crippen LogP contribution in [0.1, 0.15) is 50.2 Å². The second kappa shape index (κ2) is 12.4. The Balaban J connectivity index is 2.09. The summed E-state index contributed by atoms with van der Waals surface area (Å²) in [5.74, 6) is 0.736. The number of nitrogens with zero attached hydrogens (tertiary/aromatic N) is 1. The van der Waals surface area contributed by atoms with E-state index in [1.54, 1.807) is 7.05 Å². The lowest BCUT2D eigenvalue weighted by Gasteiger charge is -2.12. The molecular formula is C19H31N3O2. The number of aliphatic imine (C=N–C) groups is 1. The number of hydrogen-bond acceptors (Lipinski definition) is 3. The lowest BCUT2D eigenvalue weighted by Crippen LogP contribution is -2.37. The van der Waals surface area contributed by atoms with E-state index in [-0.39, 0.29) is 5.97 Å². The highest BCUT2D eigenvalue weighted by molar-refractivity contribution is 5.79. The zero-order valence-corrected chi connectivity index (χ0v) is 15.2. The van der Waals surface area contributed by atoms with Gasteiger partial charge in [-0.15, -0.1) is 0 Å². The Hall–Kier alpha value is -2.04. The first-order chi connectivity index (χ1) is 11.7. The van der Waals surface area contributed by atoms with Gasteiger partial charge in [-0.05, 0) is 32.3 Å². The monoisotopic (exact) mass is 333 g/mol. The molecule has 24 heavy (non-hydrogen) atoms. The molecule has 0 radical (unpaired) electrons. The summed E-state index contributed by atoms with van der Waals surface area (Å²) in [6, 6.07) is 8.44. The number of unbranched alkanes of at least 4 members (excludes halogenated alkanes) is 3. The number of rotatable bonds is 10. The molecule has 0 aromatic heterocycles. The van der Waals surface area contributed by atoms with Crippen LogP contribution in [-0.2, 0) is 16.1 Å². The van der Waals surface area contributed by atoms with Crippen molar-refractivity contribution in [1.82, 2.24) is 10.6 Å². The molecule has 5 heteroatoms. The van der Waals surface area contributed by atoms with E-state index in [1.165, 1.54) is 11.1 Å². The van der Waals surface area contributed by atoms with E-state index in [2.05, 4.69) is 46.8 Å². The number of ether oxygens (including phenoxy) is 1. The summed E-state index contributed by atoms with van der Waals surface area (Å²) in [6.45, 7) is 6.05. The Morgan fingerprint density at radius 2 is 1.96 bits per heavy atom. The molecule has 0 amide bonds. The van der Waals surface area contributed by atoms with E-state index in [9.17, 15) is 4.79 Å². The molecule has 0 fully saturated rings. The molecule has 0 aliphatic rings. The van der Waals surface area contributed by atoms with Gasteiger partial charge in [0.2, 0.25) is 0 Å². The largest absolute Gasteiger partial charge is 0.466 e. The van der Waals surface area contributed by atoms with Crippen LogP contribution in [0.5, 0.6) is 0 Å². The van der Waals surface area contributed by atoms with Gasteiger partial charge in [0.1, 0.15) is 0 Å². The minimum Gasteiger partial charge on any atom is -0.466 e. The van der Waals surface area contributed by atoms with Crippen LogP contribution in [0.3, 0.4) is 0 Å². The molecule has 0 aliphatic carbocycles. The molecule has 2 N–H and O–H groups in total. The lowest BCUT2D eigenvalue weighted by molar-refractivity contribution is -0.143. The molecule has 0 heterocycles. The smallest absolute Gasteiger partial charge is 0.305 e. The van der Waals surface area contributed by atoms with Gasteiger partial charge in [-0.1, -0.05) is 42.7 Å². The van der Waals surface area contributed by atoms with Crippen LogP contribution in [0.15, 0.2) is 29.3 Å². The third-order valence-electron chi connectivity index (χ3n) is 3.67. The number of carbonyl (C=O) groups is 1. The summed E-state index contributed by atoms with van der Waals surface area (Å²) in [4.78, 5) is 15.4. The molecule has 1 aromatic carbocycles. The van der Waals surface area contributed by atoms with E-state index in [0.717, 1.165) is 44.7 Å². The van der Waals surface area contributed by atoms with Crippen LogP contribution in [0.4, 0.5) is 0 Å². The van der Waals surface area contributed by atoms with Gasteiger partial charge in [0.25, 0.3) is 0 Å². The van der Waals surface area contributed by atoms with Gasteiger partial charge in [0, 0.05) is 26.6 Å². The number of carbonyl (C=O) groups excluding carboxylic acids is 1. The molecule has 5 nitrogen and oxygen atoms in total. The Morgan fingerprint density at radius 3 is 2.67 bits per heavy atom. The predicted octanol–water partition coefficient (Wildman–Crippen LogP) is 3.17. The van der Waals surface area contributed by atoms with Gasteiger partial charge < -0.3 is 15.4 Å². The van der Waals surface area contributed by atoms with Crippen molar-refractivity contribution in [3.63, 3.8) is 0 Å². The third-order valence-corrected chi connectivity index (χ3v) is 3.67. The van der Waals surface area contributed by atoms with Crippen LogP contribution in [0.25, 0.3) is 0 Å². The minimum absolute atomic E-state index is 0.0867. The van der Waals surface area contributed by atoms with Crippen LogP contribution in [-0.4, -0.2) is 32.1 Å². The van der Waals surface area contributed by atoms with Crippen molar-refractivity contribution in [3.05, 3.63) is 35.4 Å². The fourth-order valence-electron chi connectivity index (χ4n) is 2.42. The van der Waals surface area contributed by atoms with Crippen LogP contribution < -0.4 is 10.6 Å². The second-order valence-electron chi connectivity index (χ2n) is 5.81. The lowest BCUT2D eigenvalue weighted by atomic mass is 10.1. The molecular weight excluding hydrogens is 302 g/mol. The summed E-state index contributed by atoms with van der Waals surface area (Å²) in [7, 11) is 1.78. The molecule has 0 spiro atoms. The first kappa shape index (κ1) is 20.0. The molecule has 1 rings (SSSR count). The molecule has 1 aromatic rings. The highest BCUT2D eigenvalue weighted by Gasteiger charge is 2.01. The van der Waals surface area contributed by atoms with Gasteiger partial charge >= 0.3 is 5.97 Å². The number of guanidine groups is 1. The SMILES string of the molecule is CCOC(=O)CCCCCCNC(=NC)NCc1cccc(C)c1. The Labute approximate surface area is 145 Å². The Morgan fingerprint density at radius 1 is 1.17 bits per heavy atom. The van der Waals surface area contributed by atoms with Crippen molar-refractivity contribution in [3.8, 4) is 0 Å². The van der Waals surface area contributed by atoms with Crippen molar-refractivity contribution in [2.75, 3.05) is 20.2 Å². The van der Waals surface area contributed by atoms with Crippen molar-refractivity contribution in [1.29, 1.82) is 0 Å². The molecule has 0 saturated heterocycles. The number of hydrogen-bond donors (Lipinski definition) is 2. The Kier molecular flexibility index (Phi) is 10.3. The number of benzene rings is 1. The maximum absolute atomic E-state index is 11.2. The van der Waals surface area contributed by atoms with Crippen molar-refractivity contribution in [2.45, 2.75) is 52.5 Å². The fraction of sp³-hybridized carbons (Fsp3) is 0.579. The van der Waals surface area contributed by atoms with Gasteiger partial charge in [-0.3, -0.25) is 9.79 Å². The highest BCUT2D eigenvalue weighted by atomic mass is 16.5. The Bertz CT molecular complexity index is 515. The topological polar surface area (TPSA) is 62.7 Å². The van der Waals surface area contributed by atoms with Gasteiger partial charge in [-0.2, -0.15) is 0 Å². The number of nitrogens with one attached hydrogen (secondary N) is 2. The number of esters is 1. The molecule has 0 atom stereocenters. The fourth-order valence-corrected chi connectivity index (χ4v) is 2.42. The van der Waals surface area contributed by atoms with E-state index < -0.39 is 0 Å². The van der Waals surface area contributed by atoms with E-state index in [1.807, 2.05) is 6.92 Å². The van der Waals surface area contributed by atoms with E-state index >= 15 is 0 Å². The molecule has 0 aliphatic heterocycles. The van der Waals surface area contributed by atoms with E-state index in [4.69, 9.17) is 4.74 Å². The van der Waals surface area contributed by atoms with Gasteiger partial charge in [0.15, 0.2) is 5.96 Å². The van der Waals surface area contributed by atoms with Crippen molar-refractivity contribution >= 4 is 11.9 Å². The standard InChI is InChI=1S/C19H31N3O2/c1-4-24-18(23)12-7-5-6-8-13-21-19(20-3)22-15-17-11-9-10-16(2)14-17/h9-11,14H,4-8,12-13,15H2,1-3H3,(H2,20,21,22). The highest BCUT2D eigenvalue weighted by Crippen LogP contribution is 2.04. The summed E-state index contributed by atoms with van der Waals surface area (Å²) >= 11 is 0. The van der Waals surface area contributed by atoms with Gasteiger partial charge in [-0.25, -0.2) is 0 Å². The molecule has 0 saturated carbocycles. The second-order valence-corrected chi connectivity index (χ2v) is 5.81. The van der Waals surface area contributed by atoms with Crippen molar-refractivity contribution < 1.29 is 9.53 Å². The zero-order chi connectivity index (χ0) is 17.6. The summed E-state index contributed by atoms with van der Waals surface area (Å²) < 4.78 is 4.91. The average Bonchev–Trinajstić information content (AvgIpc) is 2.57. The van der Waals surface area contributed by atoms with E-state index in [0.29, 0.717) is 13.0 Å². The summed E-state index contributed by atoms with van der Waals surface area (Å²) in [6.07, 6.45) is 4.64. The van der Waals surface area contributed by atoms with Gasteiger partial charge in [0.05, 0.1) is 6.61 Å². The maximum Gasteiger partial charge on any atom is 0.305 e. The minimum atomic E-state index is -0.0867. The first-order valence-electron chi connectivity index (χ1n) is 8.81. The molecule has 134 valence electrons. The molecule has 0 unspecified atom stereocenters. The quantitative estimate of drug-likeness (QED) is 0.299. The summed E-state index contributed by atoms with van der Waals surface area (Å²) in [5, 5.41) is 6.64. The van der Waals surface area contributed by atoms with Crippen LogP contribution in [0, 0.1) is 6.92 Å². The predicted molar refractivity (Wildman–Crippen MR) is 99.1 cm³/mol. The van der Waals surface area contributed by atoms with Crippen LogP contribution in [0.2, 0.25) is 0 Å². The maximum atomic E-state index is 11.2. The van der Waals surface area contributed by atoms with Crippen molar-refractivity contribution in [2.24, 2.45) is 4.99 Å². The third kappa shape index (κ3) is 9.18. The van der Waals surface area contributed by atoms with Crippen LogP contribution >= 0.6 is 0 Å². The average molecular weight is 333 g/mol. The summed E-state index contributed by atoms with van der Waals surface area (Å²) in [5.41, 5.74) is 2.51. The first-order valence-corrected chi connectivity index (χ1v) is 8.81. The normalized spacial score (nSPS) is 11.2. The number of aryl methyl sites for hydroxylation is 1.